The summed E-state index contributed by atoms with van der Waals surface area (Å²) in [5, 5.41) is 8.99. The van der Waals surface area contributed by atoms with Crippen LogP contribution in [0.4, 0.5) is 14.5 Å². The van der Waals surface area contributed by atoms with Crippen molar-refractivity contribution in [3.63, 3.8) is 0 Å². The van der Waals surface area contributed by atoms with Gasteiger partial charge in [0.15, 0.2) is 5.96 Å². The molecule has 7 nitrogen and oxygen atoms in total. The van der Waals surface area contributed by atoms with Gasteiger partial charge in [0.2, 0.25) is 5.91 Å². The third-order valence-corrected chi connectivity index (χ3v) is 4.22. The highest BCUT2D eigenvalue weighted by Gasteiger charge is 2.11. The van der Waals surface area contributed by atoms with E-state index in [4.69, 9.17) is 4.74 Å². The van der Waals surface area contributed by atoms with Crippen LogP contribution in [0, 0.1) is 6.92 Å². The Morgan fingerprint density at radius 2 is 1.87 bits per heavy atom. The SMILES string of the molecule is CCNC(=NCc1ccc(OC)c(NC(C)=O)c1)NCc1cc(C)ccc1OC(F)F. The lowest BCUT2D eigenvalue weighted by Crippen LogP contribution is -2.36. The lowest BCUT2D eigenvalue weighted by molar-refractivity contribution is -0.114. The van der Waals surface area contributed by atoms with Gasteiger partial charge in [0, 0.05) is 25.6 Å². The fourth-order valence-corrected chi connectivity index (χ4v) is 2.89. The van der Waals surface area contributed by atoms with E-state index in [1.54, 1.807) is 24.3 Å². The number of hydrogen-bond acceptors (Lipinski definition) is 4. The smallest absolute Gasteiger partial charge is 0.387 e. The van der Waals surface area contributed by atoms with Crippen molar-refractivity contribution < 1.29 is 23.0 Å². The van der Waals surface area contributed by atoms with Crippen molar-refractivity contribution >= 4 is 17.6 Å². The predicted octanol–water partition coefficient (Wildman–Crippen LogP) is 3.82. The van der Waals surface area contributed by atoms with Gasteiger partial charge in [-0.3, -0.25) is 4.79 Å². The number of amides is 1. The molecule has 2 aromatic carbocycles. The van der Waals surface area contributed by atoms with E-state index in [0.29, 0.717) is 36.0 Å². The van der Waals surface area contributed by atoms with E-state index in [1.807, 2.05) is 19.9 Å². The molecule has 0 atom stereocenters. The van der Waals surface area contributed by atoms with Crippen LogP contribution >= 0.6 is 0 Å². The minimum atomic E-state index is -2.89. The molecule has 1 amide bonds. The van der Waals surface area contributed by atoms with Crippen LogP contribution in [-0.2, 0) is 17.9 Å². The Morgan fingerprint density at radius 3 is 2.52 bits per heavy atom. The summed E-state index contributed by atoms with van der Waals surface area (Å²) in [5.74, 6) is 0.996. The van der Waals surface area contributed by atoms with Gasteiger partial charge in [-0.25, -0.2) is 4.99 Å². The molecule has 0 fully saturated rings. The molecule has 0 saturated carbocycles. The number of alkyl halides is 2. The molecular weight excluding hydrogens is 406 g/mol. The number of hydrogen-bond donors (Lipinski definition) is 3. The number of guanidine groups is 1. The second kappa shape index (κ2) is 11.7. The van der Waals surface area contributed by atoms with Crippen LogP contribution in [0.25, 0.3) is 0 Å². The number of ether oxygens (including phenoxy) is 2. The minimum Gasteiger partial charge on any atom is -0.495 e. The standard InChI is InChI=1S/C22H28F2N4O3/c1-5-25-22(27-13-17-10-14(2)6-8-19(17)31-21(23)24)26-12-16-7-9-20(30-4)18(11-16)28-15(3)29/h6-11,21H,5,12-13H2,1-4H3,(H,28,29)(H2,25,26,27). The first kappa shape index (κ1) is 23.9. The van der Waals surface area contributed by atoms with Crippen molar-refractivity contribution in [1.82, 2.24) is 10.6 Å². The first-order chi connectivity index (χ1) is 14.8. The van der Waals surface area contributed by atoms with Gasteiger partial charge in [0.05, 0.1) is 19.3 Å². The second-order valence-corrected chi connectivity index (χ2v) is 6.75. The van der Waals surface area contributed by atoms with Crippen molar-refractivity contribution in [3.8, 4) is 11.5 Å². The molecule has 9 heteroatoms. The Balaban J connectivity index is 2.14. The van der Waals surface area contributed by atoms with Crippen LogP contribution in [0.5, 0.6) is 11.5 Å². The highest BCUT2D eigenvalue weighted by Crippen LogP contribution is 2.26. The van der Waals surface area contributed by atoms with Crippen LogP contribution in [0.15, 0.2) is 41.4 Å². The zero-order valence-electron chi connectivity index (χ0n) is 18.1. The average molecular weight is 434 g/mol. The van der Waals surface area contributed by atoms with Gasteiger partial charge in [-0.2, -0.15) is 8.78 Å². The lowest BCUT2D eigenvalue weighted by Gasteiger charge is -2.15. The molecule has 0 aliphatic rings. The Hall–Kier alpha value is -3.36. The van der Waals surface area contributed by atoms with Gasteiger partial charge in [0.25, 0.3) is 0 Å². The van der Waals surface area contributed by atoms with Crippen molar-refractivity contribution in [2.45, 2.75) is 40.5 Å². The van der Waals surface area contributed by atoms with Crippen molar-refractivity contribution in [2.75, 3.05) is 19.0 Å². The van der Waals surface area contributed by atoms with Crippen LogP contribution in [0.3, 0.4) is 0 Å². The second-order valence-electron chi connectivity index (χ2n) is 6.75. The van der Waals surface area contributed by atoms with Crippen LogP contribution in [-0.4, -0.2) is 32.1 Å². The highest BCUT2D eigenvalue weighted by molar-refractivity contribution is 5.90. The van der Waals surface area contributed by atoms with Gasteiger partial charge in [-0.05, 0) is 37.6 Å². The number of nitrogens with one attached hydrogen (secondary N) is 3. The lowest BCUT2D eigenvalue weighted by atomic mass is 10.1. The molecule has 2 rings (SSSR count). The molecule has 0 unspecified atom stereocenters. The summed E-state index contributed by atoms with van der Waals surface area (Å²) >= 11 is 0. The maximum atomic E-state index is 12.7. The molecule has 0 aliphatic carbocycles. The normalized spacial score (nSPS) is 11.3. The number of rotatable bonds is 9. The number of aliphatic imine (C=N–C) groups is 1. The Kier molecular flexibility index (Phi) is 9.05. The van der Waals surface area contributed by atoms with E-state index in [1.165, 1.54) is 20.1 Å². The van der Waals surface area contributed by atoms with Crippen molar-refractivity contribution in [2.24, 2.45) is 4.99 Å². The molecule has 0 saturated heterocycles. The molecular formula is C22H28F2N4O3. The van der Waals surface area contributed by atoms with E-state index < -0.39 is 6.61 Å². The molecule has 0 bridgehead atoms. The van der Waals surface area contributed by atoms with E-state index in [9.17, 15) is 13.6 Å². The largest absolute Gasteiger partial charge is 0.495 e. The molecule has 0 aromatic heterocycles. The number of halogens is 2. The summed E-state index contributed by atoms with van der Waals surface area (Å²) in [5.41, 5.74) is 2.96. The Bertz CT molecular complexity index is 920. The van der Waals surface area contributed by atoms with E-state index in [-0.39, 0.29) is 18.2 Å². The van der Waals surface area contributed by atoms with Gasteiger partial charge in [0.1, 0.15) is 11.5 Å². The zero-order chi connectivity index (χ0) is 22.8. The minimum absolute atomic E-state index is 0.124. The summed E-state index contributed by atoms with van der Waals surface area (Å²) in [6.45, 7) is 3.56. The number of carbonyl (C=O) groups is 1. The molecule has 0 radical (unpaired) electrons. The number of methoxy groups -OCH3 is 1. The van der Waals surface area contributed by atoms with Crippen LogP contribution < -0.4 is 25.4 Å². The topological polar surface area (TPSA) is 84.0 Å². The predicted molar refractivity (Wildman–Crippen MR) is 117 cm³/mol. The summed E-state index contributed by atoms with van der Waals surface area (Å²) in [7, 11) is 1.53. The Morgan fingerprint density at radius 1 is 1.13 bits per heavy atom. The maximum absolute atomic E-state index is 12.7. The van der Waals surface area contributed by atoms with Crippen molar-refractivity contribution in [1.29, 1.82) is 0 Å². The number of anilines is 1. The number of nitrogens with zero attached hydrogens (tertiary/aromatic N) is 1. The number of carbonyl (C=O) groups excluding carboxylic acids is 1. The van der Waals surface area contributed by atoms with Crippen LogP contribution in [0.2, 0.25) is 0 Å². The number of aryl methyl sites for hydroxylation is 1. The van der Waals surface area contributed by atoms with E-state index in [2.05, 4.69) is 25.7 Å². The quantitative estimate of drug-likeness (QED) is 0.413. The van der Waals surface area contributed by atoms with Gasteiger partial charge in [-0.15, -0.1) is 0 Å². The third kappa shape index (κ3) is 7.76. The fraction of sp³-hybridized carbons (Fsp3) is 0.364. The molecule has 0 aliphatic heterocycles. The molecule has 0 heterocycles. The van der Waals surface area contributed by atoms with Gasteiger partial charge < -0.3 is 25.4 Å². The molecule has 2 aromatic rings. The summed E-state index contributed by atoms with van der Waals surface area (Å²) in [4.78, 5) is 16.0. The molecule has 0 spiro atoms. The third-order valence-electron chi connectivity index (χ3n) is 4.22. The van der Waals surface area contributed by atoms with E-state index >= 15 is 0 Å². The first-order valence-corrected chi connectivity index (χ1v) is 9.83. The van der Waals surface area contributed by atoms with Gasteiger partial charge >= 0.3 is 6.61 Å². The Labute approximate surface area is 180 Å². The fourth-order valence-electron chi connectivity index (χ4n) is 2.89. The number of benzene rings is 2. The van der Waals surface area contributed by atoms with E-state index in [0.717, 1.165) is 11.1 Å². The molecule has 31 heavy (non-hydrogen) atoms. The summed E-state index contributed by atoms with van der Waals surface area (Å²) in [6, 6.07) is 10.4. The van der Waals surface area contributed by atoms with Gasteiger partial charge in [-0.1, -0.05) is 23.8 Å². The zero-order valence-corrected chi connectivity index (χ0v) is 18.1. The summed E-state index contributed by atoms with van der Waals surface area (Å²) < 4.78 is 35.2. The van der Waals surface area contributed by atoms with Crippen LogP contribution in [0.1, 0.15) is 30.5 Å². The first-order valence-electron chi connectivity index (χ1n) is 9.83. The maximum Gasteiger partial charge on any atom is 0.387 e. The summed E-state index contributed by atoms with van der Waals surface area (Å²) in [6.07, 6.45) is 0. The molecule has 168 valence electrons. The monoisotopic (exact) mass is 434 g/mol. The highest BCUT2D eigenvalue weighted by atomic mass is 19.3. The average Bonchev–Trinajstić information content (AvgIpc) is 2.71. The van der Waals surface area contributed by atoms with Crippen molar-refractivity contribution in [3.05, 3.63) is 53.1 Å². The molecule has 3 N–H and O–H groups in total.